The molecule has 3 N–H and O–H groups in total. The van der Waals surface area contributed by atoms with E-state index in [0.717, 1.165) is 29.1 Å². The molecule has 3 rings (SSSR count). The van der Waals surface area contributed by atoms with E-state index in [1.54, 1.807) is 0 Å². The first-order chi connectivity index (χ1) is 14.4. The molecule has 1 heterocycles. The van der Waals surface area contributed by atoms with Crippen molar-refractivity contribution in [1.82, 2.24) is 4.57 Å². The summed E-state index contributed by atoms with van der Waals surface area (Å²) in [6, 6.07) is 22.8. The molecule has 2 aromatic carbocycles. The molecule has 1 atom stereocenters. The molecule has 5 heteroatoms. The van der Waals surface area contributed by atoms with Crippen LogP contribution in [0.25, 0.3) is 11.1 Å². The van der Waals surface area contributed by atoms with E-state index in [4.69, 9.17) is 10.6 Å². The Morgan fingerprint density at radius 2 is 1.70 bits per heavy atom. The van der Waals surface area contributed by atoms with Gasteiger partial charge in [0.05, 0.1) is 12.3 Å². The summed E-state index contributed by atoms with van der Waals surface area (Å²) in [7, 11) is 2.01. The minimum absolute atomic E-state index is 0.0229. The summed E-state index contributed by atoms with van der Waals surface area (Å²) in [5, 5.41) is 13.6. The molecule has 0 saturated heterocycles. The van der Waals surface area contributed by atoms with Crippen LogP contribution in [0.4, 0.5) is 0 Å². The van der Waals surface area contributed by atoms with E-state index in [1.807, 2.05) is 45.2 Å². The van der Waals surface area contributed by atoms with Crippen molar-refractivity contribution >= 4 is 5.71 Å². The van der Waals surface area contributed by atoms with Gasteiger partial charge in [-0.15, -0.1) is 0 Å². The van der Waals surface area contributed by atoms with Gasteiger partial charge in [-0.2, -0.15) is 0 Å². The first kappa shape index (κ1) is 21.8. The summed E-state index contributed by atoms with van der Waals surface area (Å²) in [4.78, 5) is 5.60. The maximum atomic E-state index is 9.33. The molecule has 0 amide bonds. The predicted molar refractivity (Wildman–Crippen MR) is 122 cm³/mol. The van der Waals surface area contributed by atoms with Gasteiger partial charge in [-0.25, -0.2) is 0 Å². The van der Waals surface area contributed by atoms with Gasteiger partial charge in [-0.05, 0) is 55.5 Å². The lowest BCUT2D eigenvalue weighted by atomic mass is 9.97. The van der Waals surface area contributed by atoms with Gasteiger partial charge in [0.1, 0.15) is 12.3 Å². The van der Waals surface area contributed by atoms with Crippen LogP contribution in [0.5, 0.6) is 0 Å². The fourth-order valence-electron chi connectivity index (χ4n) is 3.33. The van der Waals surface area contributed by atoms with Gasteiger partial charge in [0.25, 0.3) is 0 Å². The molecule has 0 bridgehead atoms. The molecule has 0 fully saturated rings. The van der Waals surface area contributed by atoms with Crippen molar-refractivity contribution in [3.63, 3.8) is 0 Å². The Morgan fingerprint density at radius 3 is 2.37 bits per heavy atom. The minimum Gasteiger partial charge on any atom is -0.394 e. The topological polar surface area (TPSA) is 72.8 Å². The highest BCUT2D eigenvalue weighted by Gasteiger charge is 2.18. The van der Waals surface area contributed by atoms with Crippen LogP contribution >= 0.6 is 0 Å². The molecule has 0 spiro atoms. The Labute approximate surface area is 178 Å². The lowest BCUT2D eigenvalue weighted by Crippen LogP contribution is -2.40. The first-order valence-electron chi connectivity index (χ1n) is 10.3. The predicted octanol–water partition coefficient (Wildman–Crippen LogP) is 4.28. The molecule has 0 aliphatic heterocycles. The highest BCUT2D eigenvalue weighted by molar-refractivity contribution is 5.97. The monoisotopic (exact) mass is 405 g/mol. The van der Waals surface area contributed by atoms with E-state index in [9.17, 15) is 5.11 Å². The number of aromatic nitrogens is 1. The van der Waals surface area contributed by atoms with Crippen molar-refractivity contribution < 1.29 is 9.94 Å². The molecule has 0 unspecified atom stereocenters. The molecule has 0 aliphatic rings. The third-order valence-corrected chi connectivity index (χ3v) is 5.40. The second-order valence-corrected chi connectivity index (χ2v) is 8.09. The number of nitrogens with zero attached hydrogens (tertiary/aromatic N) is 2. The third-order valence-electron chi connectivity index (χ3n) is 5.40. The zero-order chi connectivity index (χ0) is 21.6. The molecular formula is C25H31N3O2. The van der Waals surface area contributed by atoms with Crippen molar-refractivity contribution in [3.8, 4) is 11.1 Å². The number of hydrogen-bond donors (Lipinski definition) is 2. The van der Waals surface area contributed by atoms with E-state index < -0.39 is 5.54 Å². The second-order valence-electron chi connectivity index (χ2n) is 8.09. The van der Waals surface area contributed by atoms with Crippen LogP contribution in [0.15, 0.2) is 71.9 Å². The summed E-state index contributed by atoms with van der Waals surface area (Å²) in [5.41, 5.74) is 11.9. The van der Waals surface area contributed by atoms with Crippen LogP contribution in [-0.4, -0.2) is 27.5 Å². The van der Waals surface area contributed by atoms with Crippen molar-refractivity contribution in [2.24, 2.45) is 17.9 Å². The van der Waals surface area contributed by atoms with Gasteiger partial charge >= 0.3 is 0 Å². The normalized spacial score (nSPS) is 13.8. The Kier molecular flexibility index (Phi) is 7.08. The molecule has 158 valence electrons. The number of nitrogens with two attached hydrogens (primary N) is 1. The number of hydrogen-bond acceptors (Lipinski definition) is 4. The maximum Gasteiger partial charge on any atom is 0.142 e. The zero-order valence-corrected chi connectivity index (χ0v) is 18.0. The molecular weight excluding hydrogens is 374 g/mol. The third kappa shape index (κ3) is 5.59. The average molecular weight is 406 g/mol. The van der Waals surface area contributed by atoms with Crippen LogP contribution in [-0.2, 0) is 24.9 Å². The molecule has 5 nitrogen and oxygen atoms in total. The van der Waals surface area contributed by atoms with E-state index >= 15 is 0 Å². The van der Waals surface area contributed by atoms with E-state index in [1.165, 1.54) is 11.1 Å². The first-order valence-corrected chi connectivity index (χ1v) is 10.3. The molecule has 30 heavy (non-hydrogen) atoms. The van der Waals surface area contributed by atoms with Gasteiger partial charge in [0.2, 0.25) is 0 Å². The molecule has 3 aromatic rings. The summed E-state index contributed by atoms with van der Waals surface area (Å²) >= 11 is 0. The SMILES string of the molecule is CC(=NOCc1ccc(-c2ccccc2)cc1)c1ccc(CC[C@@](C)(N)CO)n1C. The lowest BCUT2D eigenvalue weighted by Gasteiger charge is -2.21. The van der Waals surface area contributed by atoms with Crippen molar-refractivity contribution in [1.29, 1.82) is 0 Å². The molecule has 0 radical (unpaired) electrons. The number of aryl methyl sites for hydroxylation is 1. The van der Waals surface area contributed by atoms with Gasteiger partial charge in [0.15, 0.2) is 0 Å². The van der Waals surface area contributed by atoms with Crippen molar-refractivity contribution in [2.75, 3.05) is 6.61 Å². The van der Waals surface area contributed by atoms with Gasteiger partial charge in [-0.3, -0.25) is 0 Å². The Balaban J connectivity index is 1.58. The van der Waals surface area contributed by atoms with E-state index in [0.29, 0.717) is 13.0 Å². The van der Waals surface area contributed by atoms with Gasteiger partial charge < -0.3 is 20.2 Å². The Bertz CT molecular complexity index is 973. The number of oxime groups is 1. The van der Waals surface area contributed by atoms with Gasteiger partial charge in [0, 0.05) is 18.3 Å². The van der Waals surface area contributed by atoms with Crippen molar-refractivity contribution in [2.45, 2.75) is 38.8 Å². The largest absolute Gasteiger partial charge is 0.394 e. The van der Waals surface area contributed by atoms with Crippen molar-refractivity contribution in [3.05, 3.63) is 83.7 Å². The Morgan fingerprint density at radius 1 is 1.03 bits per heavy atom. The van der Waals surface area contributed by atoms with E-state index in [2.05, 4.69) is 52.2 Å². The van der Waals surface area contributed by atoms with Crippen LogP contribution in [0.2, 0.25) is 0 Å². The fourth-order valence-corrected chi connectivity index (χ4v) is 3.33. The van der Waals surface area contributed by atoms with E-state index in [-0.39, 0.29) is 6.61 Å². The van der Waals surface area contributed by atoms with Crippen LogP contribution in [0, 0.1) is 0 Å². The van der Waals surface area contributed by atoms with Gasteiger partial charge in [-0.1, -0.05) is 59.8 Å². The maximum absolute atomic E-state index is 9.33. The quantitative estimate of drug-likeness (QED) is 0.412. The minimum atomic E-state index is -0.563. The Hall–Kier alpha value is -2.89. The number of rotatable bonds is 9. The van der Waals surface area contributed by atoms with Crippen LogP contribution in [0.3, 0.4) is 0 Å². The summed E-state index contributed by atoms with van der Waals surface area (Å²) in [5.74, 6) is 0. The highest BCUT2D eigenvalue weighted by atomic mass is 16.6. The number of aliphatic hydroxyl groups excluding tert-OH is 1. The lowest BCUT2D eigenvalue weighted by molar-refractivity contribution is 0.130. The standard InChI is InChI=1S/C25H31N3O2/c1-19(24-14-13-23(28(24)3)15-16-25(2,26)18-29)27-30-17-20-9-11-22(12-10-20)21-7-5-4-6-8-21/h4-14,29H,15-18,26H2,1-3H3/t25-/m1/s1. The molecule has 0 saturated carbocycles. The summed E-state index contributed by atoms with van der Waals surface area (Å²) < 4.78 is 2.10. The smallest absolute Gasteiger partial charge is 0.142 e. The van der Waals surface area contributed by atoms with Crippen LogP contribution in [0.1, 0.15) is 37.2 Å². The molecule has 1 aromatic heterocycles. The number of aliphatic hydroxyl groups is 1. The average Bonchev–Trinajstić information content (AvgIpc) is 3.14. The molecule has 0 aliphatic carbocycles. The zero-order valence-electron chi connectivity index (χ0n) is 18.0. The summed E-state index contributed by atoms with van der Waals surface area (Å²) in [6.07, 6.45) is 1.51. The second kappa shape index (κ2) is 9.74. The number of benzene rings is 2. The highest BCUT2D eigenvalue weighted by Crippen LogP contribution is 2.20. The fraction of sp³-hybridized carbons (Fsp3) is 0.320. The summed E-state index contributed by atoms with van der Waals surface area (Å²) in [6.45, 7) is 4.21. The van der Waals surface area contributed by atoms with Crippen LogP contribution < -0.4 is 5.73 Å².